The number of aromatic hydroxyl groups is 1. The number of nitrogens with zero attached hydrogens (tertiary/aromatic N) is 2. The Bertz CT molecular complexity index is 953. The quantitative estimate of drug-likeness (QED) is 0.640. The molecule has 0 bridgehead atoms. The molecule has 0 saturated carbocycles. The largest absolute Gasteiger partial charge is 0.508 e. The summed E-state index contributed by atoms with van der Waals surface area (Å²) in [7, 11) is 0. The van der Waals surface area contributed by atoms with E-state index in [4.69, 9.17) is 9.72 Å². The third-order valence-electron chi connectivity index (χ3n) is 5.32. The Balaban J connectivity index is 1.86. The van der Waals surface area contributed by atoms with Crippen molar-refractivity contribution in [3.63, 3.8) is 0 Å². The van der Waals surface area contributed by atoms with Crippen LogP contribution in [-0.2, 0) is 0 Å². The summed E-state index contributed by atoms with van der Waals surface area (Å²) in [5.74, 6) is 2.14. The second kappa shape index (κ2) is 7.93. The molecule has 1 fully saturated rings. The summed E-state index contributed by atoms with van der Waals surface area (Å²) in [6, 6.07) is 20.1. The lowest BCUT2D eigenvalue weighted by Crippen LogP contribution is -2.27. The van der Waals surface area contributed by atoms with Crippen LogP contribution in [0.2, 0.25) is 0 Å². The SMILES string of the molecule is CCOc1ccccc1-c1cc(-c2ccc(O)cc2)nc(N2CCCC2C)c1. The molecule has 0 aliphatic carbocycles. The molecule has 0 radical (unpaired) electrons. The molecule has 28 heavy (non-hydrogen) atoms. The highest BCUT2D eigenvalue weighted by Gasteiger charge is 2.23. The molecule has 4 heteroatoms. The van der Waals surface area contributed by atoms with Gasteiger partial charge in [-0.05, 0) is 74.7 Å². The number of para-hydroxylation sites is 1. The molecule has 1 saturated heterocycles. The van der Waals surface area contributed by atoms with Crippen molar-refractivity contribution >= 4 is 5.82 Å². The van der Waals surface area contributed by atoms with Crippen molar-refractivity contribution in [2.45, 2.75) is 32.7 Å². The van der Waals surface area contributed by atoms with E-state index in [0.29, 0.717) is 12.6 Å². The minimum atomic E-state index is 0.259. The molecule has 1 atom stereocenters. The smallest absolute Gasteiger partial charge is 0.130 e. The van der Waals surface area contributed by atoms with Crippen molar-refractivity contribution < 1.29 is 9.84 Å². The number of benzene rings is 2. The highest BCUT2D eigenvalue weighted by Crippen LogP contribution is 2.36. The van der Waals surface area contributed by atoms with Crippen molar-refractivity contribution in [1.29, 1.82) is 0 Å². The van der Waals surface area contributed by atoms with Gasteiger partial charge in [0.2, 0.25) is 0 Å². The molecule has 4 nitrogen and oxygen atoms in total. The molecular formula is C24H26N2O2. The normalized spacial score (nSPS) is 16.4. The molecule has 1 aliphatic heterocycles. The lowest BCUT2D eigenvalue weighted by Gasteiger charge is -2.24. The Morgan fingerprint density at radius 2 is 1.86 bits per heavy atom. The topological polar surface area (TPSA) is 45.6 Å². The number of hydrogen-bond acceptors (Lipinski definition) is 4. The highest BCUT2D eigenvalue weighted by atomic mass is 16.5. The molecule has 2 heterocycles. The van der Waals surface area contributed by atoms with Gasteiger partial charge >= 0.3 is 0 Å². The molecule has 3 aromatic rings. The molecule has 0 amide bonds. The monoisotopic (exact) mass is 374 g/mol. The fourth-order valence-corrected chi connectivity index (χ4v) is 3.86. The summed E-state index contributed by atoms with van der Waals surface area (Å²) >= 11 is 0. The van der Waals surface area contributed by atoms with Crippen LogP contribution in [0.4, 0.5) is 5.82 Å². The van der Waals surface area contributed by atoms with E-state index in [2.05, 4.69) is 30.0 Å². The van der Waals surface area contributed by atoms with Gasteiger partial charge in [0.15, 0.2) is 0 Å². The zero-order valence-electron chi connectivity index (χ0n) is 16.4. The van der Waals surface area contributed by atoms with Crippen molar-refractivity contribution in [1.82, 2.24) is 4.98 Å². The molecule has 144 valence electrons. The van der Waals surface area contributed by atoms with Gasteiger partial charge in [-0.1, -0.05) is 18.2 Å². The Labute approximate surface area is 166 Å². The maximum absolute atomic E-state index is 9.65. The van der Waals surface area contributed by atoms with Gasteiger partial charge in [0.1, 0.15) is 17.3 Å². The predicted octanol–water partition coefficient (Wildman–Crippen LogP) is 5.51. The van der Waals surface area contributed by atoms with E-state index in [1.54, 1.807) is 12.1 Å². The minimum absolute atomic E-state index is 0.259. The summed E-state index contributed by atoms with van der Waals surface area (Å²) in [6.45, 7) is 5.92. The van der Waals surface area contributed by atoms with Gasteiger partial charge in [0.05, 0.1) is 12.3 Å². The van der Waals surface area contributed by atoms with Crippen LogP contribution in [-0.4, -0.2) is 29.3 Å². The summed E-state index contributed by atoms with van der Waals surface area (Å²) in [5.41, 5.74) is 4.05. The first-order valence-corrected chi connectivity index (χ1v) is 9.96. The van der Waals surface area contributed by atoms with E-state index < -0.39 is 0 Å². The first kappa shape index (κ1) is 18.4. The lowest BCUT2D eigenvalue weighted by molar-refractivity contribution is 0.341. The highest BCUT2D eigenvalue weighted by molar-refractivity contribution is 5.77. The summed E-state index contributed by atoms with van der Waals surface area (Å²) in [4.78, 5) is 7.36. The molecule has 1 aromatic heterocycles. The van der Waals surface area contributed by atoms with Crippen LogP contribution in [0.15, 0.2) is 60.7 Å². The lowest BCUT2D eigenvalue weighted by atomic mass is 10.0. The zero-order valence-corrected chi connectivity index (χ0v) is 16.4. The molecule has 1 unspecified atom stereocenters. The van der Waals surface area contributed by atoms with E-state index in [9.17, 15) is 5.11 Å². The molecule has 4 rings (SSSR count). The first-order chi connectivity index (χ1) is 13.7. The summed E-state index contributed by atoms with van der Waals surface area (Å²) in [5, 5.41) is 9.65. The number of pyridine rings is 1. The van der Waals surface area contributed by atoms with Crippen LogP contribution in [0.25, 0.3) is 22.4 Å². The van der Waals surface area contributed by atoms with Gasteiger partial charge in [-0.2, -0.15) is 0 Å². The minimum Gasteiger partial charge on any atom is -0.508 e. The molecule has 1 N–H and O–H groups in total. The Kier molecular flexibility index (Phi) is 5.20. The molecular weight excluding hydrogens is 348 g/mol. The average molecular weight is 374 g/mol. The van der Waals surface area contributed by atoms with Gasteiger partial charge in [0, 0.05) is 23.7 Å². The van der Waals surface area contributed by atoms with E-state index in [-0.39, 0.29) is 5.75 Å². The van der Waals surface area contributed by atoms with Crippen LogP contribution >= 0.6 is 0 Å². The number of phenols is 1. The van der Waals surface area contributed by atoms with Crippen LogP contribution in [0.5, 0.6) is 11.5 Å². The van der Waals surface area contributed by atoms with E-state index in [1.165, 1.54) is 12.8 Å². The number of anilines is 1. The third kappa shape index (κ3) is 3.68. The average Bonchev–Trinajstić information content (AvgIpc) is 3.15. The summed E-state index contributed by atoms with van der Waals surface area (Å²) < 4.78 is 5.87. The number of phenolic OH excluding ortho intramolecular Hbond substituents is 1. The van der Waals surface area contributed by atoms with Gasteiger partial charge < -0.3 is 14.7 Å². The number of rotatable bonds is 5. The van der Waals surface area contributed by atoms with Gasteiger partial charge in [-0.25, -0.2) is 4.98 Å². The Morgan fingerprint density at radius 3 is 2.57 bits per heavy atom. The maximum atomic E-state index is 9.65. The van der Waals surface area contributed by atoms with Gasteiger partial charge in [-0.3, -0.25) is 0 Å². The standard InChI is InChI=1S/C24H26N2O2/c1-3-28-23-9-5-4-8-21(23)19-15-22(18-10-12-20(27)13-11-18)25-24(16-19)26-14-6-7-17(26)2/h4-5,8-13,15-17,27H,3,6-7,14H2,1-2H3. The number of aromatic nitrogens is 1. The van der Waals surface area contributed by atoms with E-state index in [0.717, 1.165) is 40.5 Å². The Morgan fingerprint density at radius 1 is 1.07 bits per heavy atom. The number of hydrogen-bond donors (Lipinski definition) is 1. The van der Waals surface area contributed by atoms with Crippen LogP contribution < -0.4 is 9.64 Å². The van der Waals surface area contributed by atoms with Crippen molar-refractivity contribution in [3.8, 4) is 33.9 Å². The molecule has 0 spiro atoms. The van der Waals surface area contributed by atoms with Crippen LogP contribution in [0, 0.1) is 0 Å². The molecule has 2 aromatic carbocycles. The van der Waals surface area contributed by atoms with E-state index in [1.807, 2.05) is 37.3 Å². The first-order valence-electron chi connectivity index (χ1n) is 9.96. The van der Waals surface area contributed by atoms with Gasteiger partial charge in [-0.15, -0.1) is 0 Å². The summed E-state index contributed by atoms with van der Waals surface area (Å²) in [6.07, 6.45) is 2.38. The van der Waals surface area contributed by atoms with Crippen LogP contribution in [0.3, 0.4) is 0 Å². The predicted molar refractivity (Wildman–Crippen MR) is 114 cm³/mol. The van der Waals surface area contributed by atoms with Crippen molar-refractivity contribution in [2.75, 3.05) is 18.1 Å². The van der Waals surface area contributed by atoms with E-state index >= 15 is 0 Å². The molecule has 1 aliphatic rings. The fourth-order valence-electron chi connectivity index (χ4n) is 3.86. The number of ether oxygens (including phenoxy) is 1. The van der Waals surface area contributed by atoms with Crippen molar-refractivity contribution in [3.05, 3.63) is 60.7 Å². The van der Waals surface area contributed by atoms with Crippen LogP contribution in [0.1, 0.15) is 26.7 Å². The maximum Gasteiger partial charge on any atom is 0.130 e. The zero-order chi connectivity index (χ0) is 19.5. The fraction of sp³-hybridized carbons (Fsp3) is 0.292. The van der Waals surface area contributed by atoms with Gasteiger partial charge in [0.25, 0.3) is 0 Å². The second-order valence-corrected chi connectivity index (χ2v) is 7.26. The second-order valence-electron chi connectivity index (χ2n) is 7.26. The Hall–Kier alpha value is -3.01. The van der Waals surface area contributed by atoms with Crippen molar-refractivity contribution in [2.24, 2.45) is 0 Å². The third-order valence-corrected chi connectivity index (χ3v) is 5.32.